The molecule has 0 spiro atoms. The van der Waals surface area contributed by atoms with Gasteiger partial charge in [0, 0.05) is 20.2 Å². The summed E-state index contributed by atoms with van der Waals surface area (Å²) >= 11 is 7.11. The molecule has 4 nitrogen and oxygen atoms in total. The van der Waals surface area contributed by atoms with E-state index in [0.29, 0.717) is 11.5 Å². The average molecular weight is 275 g/mol. The fourth-order valence-corrected chi connectivity index (χ4v) is 2.42. The normalized spacial score (nSPS) is 14.9. The van der Waals surface area contributed by atoms with Crippen LogP contribution in [-0.2, 0) is 4.74 Å². The first kappa shape index (κ1) is 12.8. The van der Waals surface area contributed by atoms with Gasteiger partial charge in [0.15, 0.2) is 16.6 Å². The standard InChI is InChI=1S/C11H15ClN2O2S/c1-14(4-5-16-7-8-2-3-8)11-13-10(12)9(6-15)17-11/h6,8H,2-5,7H2,1H3. The van der Waals surface area contributed by atoms with Crippen molar-refractivity contribution >= 4 is 34.4 Å². The minimum atomic E-state index is 0.283. The van der Waals surface area contributed by atoms with Gasteiger partial charge in [-0.1, -0.05) is 22.9 Å². The summed E-state index contributed by atoms with van der Waals surface area (Å²) in [6.07, 6.45) is 3.35. The molecule has 0 atom stereocenters. The number of aldehydes is 1. The van der Waals surface area contributed by atoms with E-state index in [4.69, 9.17) is 16.3 Å². The zero-order valence-electron chi connectivity index (χ0n) is 9.69. The molecule has 0 N–H and O–H groups in total. The molecule has 1 aromatic rings. The second kappa shape index (κ2) is 5.80. The third-order valence-corrected chi connectivity index (χ3v) is 4.15. The van der Waals surface area contributed by atoms with Gasteiger partial charge in [-0.05, 0) is 18.8 Å². The second-order valence-corrected chi connectivity index (χ2v) is 5.58. The molecule has 0 amide bonds. The Morgan fingerprint density at radius 3 is 3.00 bits per heavy atom. The Labute approximate surface area is 110 Å². The first-order valence-corrected chi connectivity index (χ1v) is 6.80. The third-order valence-electron chi connectivity index (χ3n) is 2.65. The summed E-state index contributed by atoms with van der Waals surface area (Å²) in [5.74, 6) is 0.788. The van der Waals surface area contributed by atoms with E-state index in [1.807, 2.05) is 11.9 Å². The van der Waals surface area contributed by atoms with Crippen LogP contribution in [0.1, 0.15) is 22.5 Å². The van der Waals surface area contributed by atoms with Gasteiger partial charge in [-0.25, -0.2) is 4.98 Å². The van der Waals surface area contributed by atoms with Crippen molar-refractivity contribution in [3.8, 4) is 0 Å². The molecule has 1 heterocycles. The minimum Gasteiger partial charge on any atom is -0.379 e. The van der Waals surface area contributed by atoms with Crippen LogP contribution in [0, 0.1) is 5.92 Å². The Hall–Kier alpha value is -0.650. The number of hydrogen-bond donors (Lipinski definition) is 0. The molecule has 1 fully saturated rings. The maximum Gasteiger partial charge on any atom is 0.187 e. The van der Waals surface area contributed by atoms with Crippen molar-refractivity contribution in [3.63, 3.8) is 0 Å². The summed E-state index contributed by atoms with van der Waals surface area (Å²) < 4.78 is 5.55. The van der Waals surface area contributed by atoms with Gasteiger partial charge in [-0.2, -0.15) is 0 Å². The maximum atomic E-state index is 10.6. The van der Waals surface area contributed by atoms with Gasteiger partial charge in [0.25, 0.3) is 0 Å². The lowest BCUT2D eigenvalue weighted by Gasteiger charge is -2.15. The zero-order valence-corrected chi connectivity index (χ0v) is 11.3. The van der Waals surface area contributed by atoms with Crippen molar-refractivity contribution in [2.24, 2.45) is 5.92 Å². The predicted molar refractivity (Wildman–Crippen MR) is 69.3 cm³/mol. The number of halogens is 1. The lowest BCUT2D eigenvalue weighted by molar-refractivity contribution is 0.112. The number of carbonyl (C=O) groups excluding carboxylic acids is 1. The number of aromatic nitrogens is 1. The van der Waals surface area contributed by atoms with E-state index in [1.165, 1.54) is 24.2 Å². The zero-order chi connectivity index (χ0) is 12.3. The van der Waals surface area contributed by atoms with Crippen LogP contribution in [0.5, 0.6) is 0 Å². The molecule has 0 bridgehead atoms. The largest absolute Gasteiger partial charge is 0.379 e. The topological polar surface area (TPSA) is 42.4 Å². The molecule has 94 valence electrons. The van der Waals surface area contributed by atoms with Crippen LogP contribution in [0.4, 0.5) is 5.13 Å². The molecular weight excluding hydrogens is 260 g/mol. The van der Waals surface area contributed by atoms with E-state index >= 15 is 0 Å². The highest BCUT2D eigenvalue weighted by atomic mass is 35.5. The van der Waals surface area contributed by atoms with Crippen molar-refractivity contribution in [1.29, 1.82) is 0 Å². The van der Waals surface area contributed by atoms with Crippen LogP contribution >= 0.6 is 22.9 Å². The lowest BCUT2D eigenvalue weighted by atomic mass is 10.5. The Morgan fingerprint density at radius 1 is 1.65 bits per heavy atom. The number of ether oxygens (including phenoxy) is 1. The third kappa shape index (κ3) is 3.66. The number of nitrogens with zero attached hydrogens (tertiary/aromatic N) is 2. The first-order chi connectivity index (χ1) is 8.20. The van der Waals surface area contributed by atoms with Crippen molar-refractivity contribution in [2.75, 3.05) is 31.7 Å². The molecule has 1 aliphatic rings. The van der Waals surface area contributed by atoms with Crippen LogP contribution in [0.2, 0.25) is 5.15 Å². The van der Waals surface area contributed by atoms with Crippen LogP contribution in [0.25, 0.3) is 0 Å². The molecule has 0 saturated heterocycles. The maximum absolute atomic E-state index is 10.6. The predicted octanol–water partition coefficient (Wildman–Crippen LogP) is 2.47. The Balaban J connectivity index is 1.76. The van der Waals surface area contributed by atoms with Crippen LogP contribution in [0.15, 0.2) is 0 Å². The van der Waals surface area contributed by atoms with Gasteiger partial charge in [-0.3, -0.25) is 4.79 Å². The summed E-state index contributed by atoms with van der Waals surface area (Å²) in [5, 5.41) is 1.04. The van der Waals surface area contributed by atoms with Crippen molar-refractivity contribution < 1.29 is 9.53 Å². The fourth-order valence-electron chi connectivity index (χ4n) is 1.37. The van der Waals surface area contributed by atoms with Crippen LogP contribution < -0.4 is 4.90 Å². The van der Waals surface area contributed by atoms with Crippen LogP contribution in [0.3, 0.4) is 0 Å². The Bertz CT molecular complexity index is 393. The highest BCUT2D eigenvalue weighted by molar-refractivity contribution is 7.17. The number of thiazole rings is 1. The van der Waals surface area contributed by atoms with Gasteiger partial charge in [0.05, 0.1) is 6.61 Å². The molecule has 2 rings (SSSR count). The van der Waals surface area contributed by atoms with E-state index in [-0.39, 0.29) is 5.15 Å². The molecule has 17 heavy (non-hydrogen) atoms. The van der Waals surface area contributed by atoms with Gasteiger partial charge < -0.3 is 9.64 Å². The number of rotatable bonds is 7. The molecule has 1 aliphatic carbocycles. The van der Waals surface area contributed by atoms with E-state index < -0.39 is 0 Å². The number of carbonyl (C=O) groups is 1. The van der Waals surface area contributed by atoms with Gasteiger partial charge in [0.2, 0.25) is 0 Å². The smallest absolute Gasteiger partial charge is 0.187 e. The molecule has 1 saturated carbocycles. The van der Waals surface area contributed by atoms with Gasteiger partial charge in [0.1, 0.15) is 4.88 Å². The minimum absolute atomic E-state index is 0.283. The van der Waals surface area contributed by atoms with Gasteiger partial charge >= 0.3 is 0 Å². The highest BCUT2D eigenvalue weighted by Crippen LogP contribution is 2.29. The number of hydrogen-bond acceptors (Lipinski definition) is 5. The van der Waals surface area contributed by atoms with E-state index in [0.717, 1.165) is 30.5 Å². The molecular formula is C11H15ClN2O2S. The summed E-state index contributed by atoms with van der Waals surface area (Å²) in [7, 11) is 1.92. The van der Waals surface area contributed by atoms with E-state index in [1.54, 1.807) is 0 Å². The van der Waals surface area contributed by atoms with Gasteiger partial charge in [-0.15, -0.1) is 0 Å². The average Bonchev–Trinajstić information content (AvgIpc) is 3.06. The van der Waals surface area contributed by atoms with E-state index in [2.05, 4.69) is 4.98 Å². The Kier molecular flexibility index (Phi) is 4.36. The highest BCUT2D eigenvalue weighted by Gasteiger charge is 2.21. The molecule has 0 aromatic carbocycles. The number of anilines is 1. The molecule has 0 aliphatic heterocycles. The number of likely N-dealkylation sites (N-methyl/N-ethyl adjacent to an activating group) is 1. The molecule has 1 aromatic heterocycles. The fraction of sp³-hybridized carbons (Fsp3) is 0.636. The second-order valence-electron chi connectivity index (χ2n) is 4.21. The Morgan fingerprint density at radius 2 is 2.41 bits per heavy atom. The SMILES string of the molecule is CN(CCOCC1CC1)c1nc(Cl)c(C=O)s1. The lowest BCUT2D eigenvalue weighted by Crippen LogP contribution is -2.22. The summed E-state index contributed by atoms with van der Waals surface area (Å²) in [6, 6.07) is 0. The van der Waals surface area contributed by atoms with Crippen molar-refractivity contribution in [1.82, 2.24) is 4.98 Å². The quantitative estimate of drug-likeness (QED) is 0.566. The summed E-state index contributed by atoms with van der Waals surface area (Å²) in [6.45, 7) is 2.31. The van der Waals surface area contributed by atoms with E-state index in [9.17, 15) is 4.79 Å². The molecule has 0 radical (unpaired) electrons. The van der Waals surface area contributed by atoms with Crippen LogP contribution in [-0.4, -0.2) is 38.1 Å². The molecule has 6 heteroatoms. The first-order valence-electron chi connectivity index (χ1n) is 5.61. The van der Waals surface area contributed by atoms with Crippen molar-refractivity contribution in [2.45, 2.75) is 12.8 Å². The summed E-state index contributed by atoms with van der Waals surface area (Å²) in [4.78, 5) is 17.2. The molecule has 0 unspecified atom stereocenters. The summed E-state index contributed by atoms with van der Waals surface area (Å²) in [5.41, 5.74) is 0. The monoisotopic (exact) mass is 274 g/mol. The van der Waals surface area contributed by atoms with Crippen molar-refractivity contribution in [3.05, 3.63) is 10.0 Å².